The average Bonchev–Trinajstić information content (AvgIpc) is 3.81. The predicted molar refractivity (Wildman–Crippen MR) is 232 cm³/mol. The summed E-state index contributed by atoms with van der Waals surface area (Å²) in [5, 5.41) is 11.1. The Morgan fingerprint density at radius 3 is 1.57 bits per heavy atom. The van der Waals surface area contributed by atoms with Crippen molar-refractivity contribution in [2.75, 3.05) is 0 Å². The van der Waals surface area contributed by atoms with Crippen LogP contribution in [-0.2, 0) is 0 Å². The van der Waals surface area contributed by atoms with Crippen molar-refractivity contribution in [3.63, 3.8) is 0 Å². The fourth-order valence-corrected chi connectivity index (χ4v) is 8.83. The molecule has 0 spiro atoms. The second kappa shape index (κ2) is 12.0. The molecular formula is C52H31N3O. The lowest BCUT2D eigenvalue weighted by atomic mass is 9.92. The Morgan fingerprint density at radius 1 is 0.357 bits per heavy atom. The van der Waals surface area contributed by atoms with Gasteiger partial charge in [-0.2, -0.15) is 0 Å². The van der Waals surface area contributed by atoms with Crippen molar-refractivity contribution < 1.29 is 4.42 Å². The molecule has 0 saturated carbocycles. The maximum absolute atomic E-state index is 6.29. The third kappa shape index (κ3) is 4.66. The van der Waals surface area contributed by atoms with Gasteiger partial charge in [-0.1, -0.05) is 133 Å². The number of benzene rings is 9. The molecule has 260 valence electrons. The summed E-state index contributed by atoms with van der Waals surface area (Å²) in [6.45, 7) is 0. The van der Waals surface area contributed by atoms with Gasteiger partial charge in [0.2, 0.25) is 0 Å². The van der Waals surface area contributed by atoms with Gasteiger partial charge in [0.25, 0.3) is 0 Å². The number of fused-ring (bicyclic) bond motifs is 12. The number of nitrogens with zero attached hydrogens (tertiary/aromatic N) is 3. The summed E-state index contributed by atoms with van der Waals surface area (Å²) in [5.41, 5.74) is 11.2. The zero-order valence-corrected chi connectivity index (χ0v) is 30.1. The number of para-hydroxylation sites is 2. The summed E-state index contributed by atoms with van der Waals surface area (Å²) in [5.74, 6) is 0.662. The van der Waals surface area contributed by atoms with Crippen molar-refractivity contribution in [2.45, 2.75) is 0 Å². The van der Waals surface area contributed by atoms with E-state index in [2.05, 4.69) is 187 Å². The van der Waals surface area contributed by atoms with Gasteiger partial charge in [-0.3, -0.25) is 0 Å². The smallest absolute Gasteiger partial charge is 0.172 e. The zero-order chi connectivity index (χ0) is 36.7. The maximum atomic E-state index is 6.29. The van der Waals surface area contributed by atoms with Crippen LogP contribution in [0.1, 0.15) is 0 Å². The molecular weight excluding hydrogens is 683 g/mol. The molecule has 0 aliphatic heterocycles. The van der Waals surface area contributed by atoms with Crippen LogP contribution in [0.15, 0.2) is 193 Å². The van der Waals surface area contributed by atoms with E-state index in [9.17, 15) is 0 Å². The molecule has 0 bridgehead atoms. The number of aromatic nitrogens is 3. The molecule has 12 aromatic rings. The minimum atomic E-state index is 0.662. The van der Waals surface area contributed by atoms with Gasteiger partial charge < -0.3 is 8.98 Å². The third-order valence-corrected chi connectivity index (χ3v) is 11.4. The van der Waals surface area contributed by atoms with Crippen LogP contribution in [0.4, 0.5) is 0 Å². The fourth-order valence-electron chi connectivity index (χ4n) is 8.83. The Labute approximate surface area is 321 Å². The minimum absolute atomic E-state index is 0.662. The van der Waals surface area contributed by atoms with E-state index in [1.807, 2.05) is 0 Å². The monoisotopic (exact) mass is 713 g/mol. The number of rotatable bonds is 4. The van der Waals surface area contributed by atoms with E-state index in [0.29, 0.717) is 11.4 Å². The van der Waals surface area contributed by atoms with Gasteiger partial charge in [0.1, 0.15) is 11.1 Å². The molecule has 56 heavy (non-hydrogen) atoms. The first-order valence-electron chi connectivity index (χ1n) is 19.0. The summed E-state index contributed by atoms with van der Waals surface area (Å²) in [6.07, 6.45) is 1.81. The third-order valence-electron chi connectivity index (χ3n) is 11.4. The molecule has 0 saturated heterocycles. The van der Waals surface area contributed by atoms with Crippen molar-refractivity contribution in [1.82, 2.24) is 14.5 Å². The summed E-state index contributed by atoms with van der Waals surface area (Å²) in [4.78, 5) is 9.94. The highest BCUT2D eigenvalue weighted by atomic mass is 16.3. The Hall–Kier alpha value is -7.56. The highest BCUT2D eigenvalue weighted by Crippen LogP contribution is 2.39. The Morgan fingerprint density at radius 2 is 0.875 bits per heavy atom. The van der Waals surface area contributed by atoms with E-state index >= 15 is 0 Å². The van der Waals surface area contributed by atoms with Crippen LogP contribution in [0, 0.1) is 0 Å². The molecule has 0 amide bonds. The molecule has 3 aromatic heterocycles. The van der Waals surface area contributed by atoms with Crippen molar-refractivity contribution in [2.24, 2.45) is 0 Å². The van der Waals surface area contributed by atoms with E-state index in [1.165, 1.54) is 54.1 Å². The second-order valence-electron chi connectivity index (χ2n) is 14.6. The first-order chi connectivity index (χ1) is 27.7. The average molecular weight is 714 g/mol. The first-order valence-corrected chi connectivity index (χ1v) is 19.0. The van der Waals surface area contributed by atoms with E-state index in [4.69, 9.17) is 14.4 Å². The van der Waals surface area contributed by atoms with Crippen LogP contribution in [0.5, 0.6) is 0 Å². The van der Waals surface area contributed by atoms with Gasteiger partial charge in [0.05, 0.1) is 17.2 Å². The molecule has 0 N–H and O–H groups in total. The van der Waals surface area contributed by atoms with E-state index in [0.717, 1.165) is 50.0 Å². The zero-order valence-electron chi connectivity index (χ0n) is 30.1. The van der Waals surface area contributed by atoms with Crippen molar-refractivity contribution in [3.8, 4) is 39.3 Å². The molecule has 4 nitrogen and oxygen atoms in total. The molecule has 0 atom stereocenters. The molecule has 0 fully saturated rings. The van der Waals surface area contributed by atoms with Crippen LogP contribution >= 0.6 is 0 Å². The molecule has 4 heteroatoms. The van der Waals surface area contributed by atoms with Gasteiger partial charge >= 0.3 is 0 Å². The van der Waals surface area contributed by atoms with Crippen LogP contribution in [0.25, 0.3) is 116 Å². The topological polar surface area (TPSA) is 43.9 Å². The van der Waals surface area contributed by atoms with Gasteiger partial charge in [-0.15, -0.1) is 0 Å². The van der Waals surface area contributed by atoms with Crippen LogP contribution in [0.3, 0.4) is 0 Å². The summed E-state index contributed by atoms with van der Waals surface area (Å²) in [7, 11) is 0. The Bertz CT molecular complexity index is 3470. The minimum Gasteiger partial charge on any atom is -0.453 e. The van der Waals surface area contributed by atoms with Crippen LogP contribution in [0.2, 0.25) is 0 Å². The molecule has 0 aliphatic carbocycles. The van der Waals surface area contributed by atoms with Gasteiger partial charge in [-0.25, -0.2) is 9.97 Å². The second-order valence-corrected chi connectivity index (χ2v) is 14.6. The standard InChI is InChI=1S/C52H31N3O/c1-2-17-40-38(15-1)39-16-3-4-18-41(39)45-29-34(23-25-42(40)45)35-24-26-49-46(30-35)51-50(56-49)31-53-52(54-51)36-13-9-11-32(27-36)33-12-10-14-37(28-33)55-47-21-7-5-19-43(47)44-20-6-8-22-48(44)55/h1-31H. The van der Waals surface area contributed by atoms with Crippen LogP contribution < -0.4 is 0 Å². The molecule has 12 rings (SSSR count). The summed E-state index contributed by atoms with van der Waals surface area (Å²) in [6, 6.07) is 65.2. The van der Waals surface area contributed by atoms with E-state index in [-0.39, 0.29) is 0 Å². The van der Waals surface area contributed by atoms with Crippen molar-refractivity contribution >= 4 is 76.2 Å². The van der Waals surface area contributed by atoms with E-state index < -0.39 is 0 Å². The molecule has 0 aliphatic rings. The number of hydrogen-bond donors (Lipinski definition) is 0. The largest absolute Gasteiger partial charge is 0.453 e. The molecule has 9 aromatic carbocycles. The molecule has 0 radical (unpaired) electrons. The lowest BCUT2D eigenvalue weighted by Crippen LogP contribution is -1.94. The van der Waals surface area contributed by atoms with Crippen molar-refractivity contribution in [3.05, 3.63) is 188 Å². The summed E-state index contributed by atoms with van der Waals surface area (Å²) < 4.78 is 8.64. The predicted octanol–water partition coefficient (Wildman–Crippen LogP) is 13.9. The molecule has 3 heterocycles. The highest BCUT2D eigenvalue weighted by Gasteiger charge is 2.16. The quantitative estimate of drug-likeness (QED) is 0.171. The fraction of sp³-hybridized carbons (Fsp3) is 0. The molecule has 0 unspecified atom stereocenters. The summed E-state index contributed by atoms with van der Waals surface area (Å²) >= 11 is 0. The lowest BCUT2D eigenvalue weighted by Gasteiger charge is -2.12. The normalized spacial score (nSPS) is 11.9. The number of furan rings is 1. The van der Waals surface area contributed by atoms with Gasteiger partial charge in [0.15, 0.2) is 11.4 Å². The Kier molecular flexibility index (Phi) is 6.60. The lowest BCUT2D eigenvalue weighted by molar-refractivity contribution is 0.666. The van der Waals surface area contributed by atoms with Crippen LogP contribution in [-0.4, -0.2) is 14.5 Å². The van der Waals surface area contributed by atoms with Gasteiger partial charge in [0, 0.05) is 27.4 Å². The van der Waals surface area contributed by atoms with E-state index in [1.54, 1.807) is 6.20 Å². The maximum Gasteiger partial charge on any atom is 0.172 e. The first kappa shape index (κ1) is 30.9. The number of hydrogen-bond acceptors (Lipinski definition) is 3. The Balaban J connectivity index is 0.944. The van der Waals surface area contributed by atoms with Gasteiger partial charge in [-0.05, 0) is 103 Å². The van der Waals surface area contributed by atoms with Crippen molar-refractivity contribution in [1.29, 1.82) is 0 Å². The SMILES string of the molecule is c1cc(-c2cccc(-n3c4ccccc4c4ccccc43)c2)cc(-c2ncc3oc4ccc(-c5ccc6c7ccccc7c7ccccc7c6c5)cc4c3n2)c1. The highest BCUT2D eigenvalue weighted by molar-refractivity contribution is 6.25.